The van der Waals surface area contributed by atoms with Gasteiger partial charge in [-0.2, -0.15) is 27.1 Å². The molecular weight excluding hydrogens is 549 g/mol. The number of carbonyl (C=O) groups is 1. The number of nitrogens with two attached hydrogens (primary N) is 1. The Kier molecular flexibility index (Phi) is 6.24. The first-order chi connectivity index (χ1) is 18.3. The van der Waals surface area contributed by atoms with Gasteiger partial charge in [0.05, 0.1) is 11.1 Å². The molecular formula is C23H21ClF5N9O. The van der Waals surface area contributed by atoms with Crippen LogP contribution >= 0.6 is 11.6 Å². The van der Waals surface area contributed by atoms with Crippen LogP contribution in [0.1, 0.15) is 37.9 Å². The molecule has 0 radical (unpaired) electrons. The second kappa shape index (κ2) is 9.10. The van der Waals surface area contributed by atoms with Crippen LogP contribution in [0.5, 0.6) is 0 Å². The highest BCUT2D eigenvalue weighted by Gasteiger charge is 2.57. The maximum absolute atomic E-state index is 13.6. The lowest BCUT2D eigenvalue weighted by Gasteiger charge is -2.19. The van der Waals surface area contributed by atoms with Gasteiger partial charge in [-0.25, -0.2) is 9.97 Å². The second-order valence-electron chi connectivity index (χ2n) is 9.29. The van der Waals surface area contributed by atoms with Gasteiger partial charge in [-0.05, 0) is 31.5 Å². The first-order valence-corrected chi connectivity index (χ1v) is 12.1. The largest absolute Gasteiger partial charge is 0.453 e. The van der Waals surface area contributed by atoms with Crippen LogP contribution in [0.25, 0.3) is 22.4 Å². The second-order valence-corrected chi connectivity index (χ2v) is 9.72. The van der Waals surface area contributed by atoms with Crippen molar-refractivity contribution in [3.8, 4) is 11.5 Å². The number of alkyl halides is 5. The Balaban J connectivity index is 1.58. The molecule has 1 aliphatic heterocycles. The van der Waals surface area contributed by atoms with Crippen molar-refractivity contribution >= 4 is 40.0 Å². The SMILES string of the molecule is CCCn1cc([C@]2(C)C(=O)Nc3nc(-c4nn(CCC(F)(F)C(F)(F)F)c5cc(Cl)ccc45)nc(N)c32)nn1. The van der Waals surface area contributed by atoms with Gasteiger partial charge in [-0.1, -0.05) is 23.7 Å². The standard InChI is InChI=1S/C23H21ClF5N9O/c1-3-7-37-10-14(34-36-37)21(2)15-17(30)31-19(32-18(15)33-20(21)39)16-12-5-4-11(24)9-13(12)38(35-16)8-6-22(25,26)23(27,28)29/h4-5,9-10H,3,6-8H2,1-2H3,(H3,30,31,32,33,39)/t21-/m0/s1. The molecule has 206 valence electrons. The molecule has 3 aromatic heterocycles. The van der Waals surface area contributed by atoms with Crippen molar-refractivity contribution in [2.75, 3.05) is 11.1 Å². The Bertz CT molecular complexity index is 1600. The maximum atomic E-state index is 13.6. The van der Waals surface area contributed by atoms with Gasteiger partial charge < -0.3 is 11.1 Å². The Morgan fingerprint density at radius 3 is 2.59 bits per heavy atom. The molecule has 5 rings (SSSR count). The summed E-state index contributed by atoms with van der Waals surface area (Å²) in [6.45, 7) is 3.40. The number of aryl methyl sites for hydroxylation is 2. The lowest BCUT2D eigenvalue weighted by atomic mass is 9.81. The summed E-state index contributed by atoms with van der Waals surface area (Å²) in [7, 11) is 0. The maximum Gasteiger partial charge on any atom is 0.453 e. The van der Waals surface area contributed by atoms with E-state index in [1.54, 1.807) is 17.8 Å². The van der Waals surface area contributed by atoms with Crippen LogP contribution in [-0.2, 0) is 23.3 Å². The van der Waals surface area contributed by atoms with Gasteiger partial charge in [0, 0.05) is 36.1 Å². The predicted octanol–water partition coefficient (Wildman–Crippen LogP) is 4.58. The molecule has 1 atom stereocenters. The number of hydrogen-bond acceptors (Lipinski definition) is 7. The molecule has 0 saturated carbocycles. The van der Waals surface area contributed by atoms with E-state index in [-0.39, 0.29) is 39.3 Å². The summed E-state index contributed by atoms with van der Waals surface area (Å²) in [5.74, 6) is -5.43. The first kappa shape index (κ1) is 26.7. The van der Waals surface area contributed by atoms with Crippen LogP contribution in [0.2, 0.25) is 5.02 Å². The van der Waals surface area contributed by atoms with E-state index in [0.29, 0.717) is 17.6 Å². The minimum atomic E-state index is -5.71. The van der Waals surface area contributed by atoms with E-state index in [9.17, 15) is 26.7 Å². The summed E-state index contributed by atoms with van der Waals surface area (Å²) in [6, 6.07) is 4.40. The average molecular weight is 570 g/mol. The van der Waals surface area contributed by atoms with Crippen LogP contribution in [-0.4, -0.2) is 52.7 Å². The highest BCUT2D eigenvalue weighted by Crippen LogP contribution is 2.45. The quantitative estimate of drug-likeness (QED) is 0.312. The van der Waals surface area contributed by atoms with Crippen molar-refractivity contribution in [1.82, 2.24) is 34.7 Å². The summed E-state index contributed by atoms with van der Waals surface area (Å²) in [5.41, 5.74) is 5.83. The number of amides is 1. The third-order valence-corrected chi connectivity index (χ3v) is 6.84. The summed E-state index contributed by atoms with van der Waals surface area (Å²) < 4.78 is 68.1. The van der Waals surface area contributed by atoms with Crippen molar-refractivity contribution in [2.45, 2.75) is 57.3 Å². The Labute approximate surface area is 222 Å². The minimum absolute atomic E-state index is 0.0586. The van der Waals surface area contributed by atoms with Gasteiger partial charge in [-0.15, -0.1) is 5.10 Å². The van der Waals surface area contributed by atoms with Crippen LogP contribution < -0.4 is 11.1 Å². The fourth-order valence-corrected chi connectivity index (χ4v) is 4.66. The molecule has 1 aromatic carbocycles. The molecule has 0 aliphatic carbocycles. The van der Waals surface area contributed by atoms with Crippen molar-refractivity contribution in [1.29, 1.82) is 0 Å². The number of halogens is 6. The molecule has 10 nitrogen and oxygen atoms in total. The van der Waals surface area contributed by atoms with Crippen LogP contribution in [0, 0.1) is 0 Å². The van der Waals surface area contributed by atoms with Gasteiger partial charge in [0.1, 0.15) is 28.4 Å². The molecule has 0 unspecified atom stereocenters. The van der Waals surface area contributed by atoms with Gasteiger partial charge >= 0.3 is 12.1 Å². The fraction of sp³-hybridized carbons (Fsp3) is 0.391. The van der Waals surface area contributed by atoms with E-state index in [0.717, 1.165) is 11.1 Å². The number of nitrogens with one attached hydrogen (secondary N) is 1. The van der Waals surface area contributed by atoms with Crippen LogP contribution in [0.3, 0.4) is 0 Å². The molecule has 3 N–H and O–H groups in total. The van der Waals surface area contributed by atoms with E-state index in [1.807, 2.05) is 6.92 Å². The van der Waals surface area contributed by atoms with E-state index in [4.69, 9.17) is 17.3 Å². The smallest absolute Gasteiger partial charge is 0.383 e. The van der Waals surface area contributed by atoms with Gasteiger partial charge in [0.2, 0.25) is 5.91 Å². The van der Waals surface area contributed by atoms with Crippen molar-refractivity contribution in [2.24, 2.45) is 0 Å². The molecule has 1 amide bonds. The monoisotopic (exact) mass is 569 g/mol. The summed E-state index contributed by atoms with van der Waals surface area (Å²) in [4.78, 5) is 21.9. The lowest BCUT2D eigenvalue weighted by molar-refractivity contribution is -0.285. The molecule has 0 saturated heterocycles. The number of benzene rings is 1. The van der Waals surface area contributed by atoms with E-state index in [1.165, 1.54) is 18.2 Å². The number of aromatic nitrogens is 7. The van der Waals surface area contributed by atoms with E-state index < -0.39 is 36.4 Å². The Morgan fingerprint density at radius 2 is 1.90 bits per heavy atom. The van der Waals surface area contributed by atoms with Crippen molar-refractivity contribution in [3.63, 3.8) is 0 Å². The van der Waals surface area contributed by atoms with E-state index in [2.05, 4.69) is 30.7 Å². The molecule has 1 aliphatic rings. The number of rotatable bonds is 7. The molecule has 4 aromatic rings. The van der Waals surface area contributed by atoms with Crippen LogP contribution in [0.15, 0.2) is 24.4 Å². The zero-order valence-electron chi connectivity index (χ0n) is 20.5. The summed E-state index contributed by atoms with van der Waals surface area (Å²) in [6.07, 6.45) is -4.81. The highest BCUT2D eigenvalue weighted by molar-refractivity contribution is 6.31. The molecule has 16 heteroatoms. The molecule has 0 spiro atoms. The third-order valence-electron chi connectivity index (χ3n) is 6.60. The number of nitrogens with zero attached hydrogens (tertiary/aromatic N) is 7. The topological polar surface area (TPSA) is 129 Å². The van der Waals surface area contributed by atoms with E-state index >= 15 is 0 Å². The molecule has 4 heterocycles. The average Bonchev–Trinajstić information content (AvgIpc) is 3.53. The number of nitrogen functional groups attached to an aromatic ring is 1. The van der Waals surface area contributed by atoms with Gasteiger partial charge in [-0.3, -0.25) is 14.2 Å². The molecule has 39 heavy (non-hydrogen) atoms. The van der Waals surface area contributed by atoms with Crippen molar-refractivity contribution < 1.29 is 26.7 Å². The number of carbonyl (C=O) groups excluding carboxylic acids is 1. The minimum Gasteiger partial charge on any atom is -0.383 e. The molecule has 0 bridgehead atoms. The fourth-order valence-electron chi connectivity index (χ4n) is 4.49. The van der Waals surface area contributed by atoms with Gasteiger partial charge in [0.25, 0.3) is 0 Å². The summed E-state index contributed by atoms with van der Waals surface area (Å²) in [5, 5.41) is 15.6. The Hall–Kier alpha value is -3.88. The lowest BCUT2D eigenvalue weighted by Crippen LogP contribution is -2.37. The third kappa shape index (κ3) is 4.33. The predicted molar refractivity (Wildman–Crippen MR) is 131 cm³/mol. The summed E-state index contributed by atoms with van der Waals surface area (Å²) >= 11 is 6.06. The normalized spacial score (nSPS) is 17.6. The molecule has 0 fully saturated rings. The highest BCUT2D eigenvalue weighted by atomic mass is 35.5. The zero-order chi connectivity index (χ0) is 28.3. The van der Waals surface area contributed by atoms with Crippen LogP contribution in [0.4, 0.5) is 33.6 Å². The number of hydrogen-bond donors (Lipinski definition) is 2. The Morgan fingerprint density at radius 1 is 1.15 bits per heavy atom. The van der Waals surface area contributed by atoms with Crippen molar-refractivity contribution in [3.05, 3.63) is 40.7 Å². The van der Waals surface area contributed by atoms with Gasteiger partial charge in [0.15, 0.2) is 5.82 Å². The number of anilines is 2. The zero-order valence-corrected chi connectivity index (χ0v) is 21.3. The number of fused-ring (bicyclic) bond motifs is 2. The first-order valence-electron chi connectivity index (χ1n) is 11.8.